The standard InChI is InChI=1S/C15H26N2O2/c1-15(2,12-18)17(3)8-5-9-19-14-7-4-6-13(10-14)11-16/h4,6-7,10,18H,5,8-9,11-12,16H2,1-3H3. The molecule has 1 rings (SSSR count). The summed E-state index contributed by atoms with van der Waals surface area (Å²) in [6, 6.07) is 7.87. The van der Waals surface area contributed by atoms with Crippen molar-refractivity contribution in [1.29, 1.82) is 0 Å². The molecule has 0 aliphatic rings. The van der Waals surface area contributed by atoms with E-state index in [1.165, 1.54) is 0 Å². The van der Waals surface area contributed by atoms with Crippen molar-refractivity contribution in [3.8, 4) is 5.75 Å². The van der Waals surface area contributed by atoms with Crippen molar-refractivity contribution < 1.29 is 9.84 Å². The van der Waals surface area contributed by atoms with Crippen LogP contribution in [0.25, 0.3) is 0 Å². The number of hydrogen-bond donors (Lipinski definition) is 2. The Labute approximate surface area is 116 Å². The van der Waals surface area contributed by atoms with Crippen molar-refractivity contribution in [3.05, 3.63) is 29.8 Å². The molecule has 0 bridgehead atoms. The summed E-state index contributed by atoms with van der Waals surface area (Å²) in [6.07, 6.45) is 0.923. The van der Waals surface area contributed by atoms with Crippen molar-refractivity contribution in [3.63, 3.8) is 0 Å². The molecule has 108 valence electrons. The average Bonchev–Trinajstić information content (AvgIpc) is 2.43. The summed E-state index contributed by atoms with van der Waals surface area (Å²) in [4.78, 5) is 2.15. The van der Waals surface area contributed by atoms with Crippen LogP contribution in [0.1, 0.15) is 25.8 Å². The van der Waals surface area contributed by atoms with Gasteiger partial charge >= 0.3 is 0 Å². The second kappa shape index (κ2) is 7.48. The highest BCUT2D eigenvalue weighted by atomic mass is 16.5. The summed E-state index contributed by atoms with van der Waals surface area (Å²) in [5.41, 5.74) is 6.49. The second-order valence-corrected chi connectivity index (χ2v) is 5.45. The number of rotatable bonds is 8. The van der Waals surface area contributed by atoms with Crippen LogP contribution in [0.15, 0.2) is 24.3 Å². The zero-order chi connectivity index (χ0) is 14.3. The van der Waals surface area contributed by atoms with Gasteiger partial charge in [-0.05, 0) is 45.0 Å². The predicted octanol–water partition coefficient (Wildman–Crippen LogP) is 1.62. The fourth-order valence-electron chi connectivity index (χ4n) is 1.68. The lowest BCUT2D eigenvalue weighted by Crippen LogP contribution is -2.44. The Kier molecular flexibility index (Phi) is 6.28. The molecule has 3 N–H and O–H groups in total. The molecular formula is C15H26N2O2. The van der Waals surface area contributed by atoms with Gasteiger partial charge in [0.05, 0.1) is 13.2 Å². The summed E-state index contributed by atoms with van der Waals surface area (Å²) in [5, 5.41) is 9.27. The Hall–Kier alpha value is -1.10. The topological polar surface area (TPSA) is 58.7 Å². The highest BCUT2D eigenvalue weighted by Gasteiger charge is 2.21. The number of nitrogens with two attached hydrogens (primary N) is 1. The van der Waals surface area contributed by atoms with Gasteiger partial charge in [-0.3, -0.25) is 4.90 Å². The minimum absolute atomic E-state index is 0.156. The lowest BCUT2D eigenvalue weighted by molar-refractivity contribution is 0.0747. The first-order chi connectivity index (χ1) is 8.99. The molecule has 0 saturated carbocycles. The quantitative estimate of drug-likeness (QED) is 0.702. The fourth-order valence-corrected chi connectivity index (χ4v) is 1.68. The summed E-state index contributed by atoms with van der Waals surface area (Å²) in [5.74, 6) is 0.868. The van der Waals surface area contributed by atoms with Gasteiger partial charge < -0.3 is 15.6 Å². The molecule has 0 fully saturated rings. The van der Waals surface area contributed by atoms with E-state index in [-0.39, 0.29) is 12.1 Å². The van der Waals surface area contributed by atoms with Crippen molar-refractivity contribution in [2.24, 2.45) is 5.73 Å². The molecule has 4 nitrogen and oxygen atoms in total. The Morgan fingerprint density at radius 1 is 1.37 bits per heavy atom. The van der Waals surface area contributed by atoms with Crippen molar-refractivity contribution in [2.75, 3.05) is 26.8 Å². The van der Waals surface area contributed by atoms with E-state index in [0.717, 1.165) is 24.3 Å². The van der Waals surface area contributed by atoms with E-state index in [2.05, 4.69) is 4.90 Å². The van der Waals surface area contributed by atoms with Crippen LogP contribution >= 0.6 is 0 Å². The summed E-state index contributed by atoms with van der Waals surface area (Å²) < 4.78 is 5.70. The summed E-state index contributed by atoms with van der Waals surface area (Å²) >= 11 is 0. The zero-order valence-corrected chi connectivity index (χ0v) is 12.2. The van der Waals surface area contributed by atoms with E-state index >= 15 is 0 Å². The molecule has 0 unspecified atom stereocenters. The van der Waals surface area contributed by atoms with Crippen LogP contribution in [0.2, 0.25) is 0 Å². The molecule has 0 aliphatic heterocycles. The molecule has 4 heteroatoms. The maximum Gasteiger partial charge on any atom is 0.119 e. The Balaban J connectivity index is 2.31. The van der Waals surface area contributed by atoms with Gasteiger partial charge in [0, 0.05) is 18.6 Å². The largest absolute Gasteiger partial charge is 0.494 e. The van der Waals surface area contributed by atoms with Crippen molar-refractivity contribution >= 4 is 0 Å². The first-order valence-electron chi connectivity index (χ1n) is 6.73. The first kappa shape index (κ1) is 16.0. The van der Waals surface area contributed by atoms with Crippen LogP contribution in [-0.2, 0) is 6.54 Å². The van der Waals surface area contributed by atoms with Gasteiger partial charge in [-0.25, -0.2) is 0 Å². The number of nitrogens with zero attached hydrogens (tertiary/aromatic N) is 1. The molecular weight excluding hydrogens is 240 g/mol. The number of ether oxygens (including phenoxy) is 1. The SMILES string of the molecule is CN(CCCOc1cccc(CN)c1)C(C)(C)CO. The molecule has 0 radical (unpaired) electrons. The van der Waals surface area contributed by atoms with Crippen molar-refractivity contribution in [2.45, 2.75) is 32.4 Å². The maximum absolute atomic E-state index is 9.27. The third kappa shape index (κ3) is 5.19. The number of hydrogen-bond acceptors (Lipinski definition) is 4. The molecule has 1 aromatic rings. The average molecular weight is 266 g/mol. The molecule has 0 amide bonds. The van der Waals surface area contributed by atoms with Crippen LogP contribution in [0, 0.1) is 0 Å². The molecule has 1 aromatic carbocycles. The van der Waals surface area contributed by atoms with E-state index in [9.17, 15) is 5.11 Å². The minimum Gasteiger partial charge on any atom is -0.494 e. The predicted molar refractivity (Wildman–Crippen MR) is 78.2 cm³/mol. The lowest BCUT2D eigenvalue weighted by atomic mass is 10.1. The third-order valence-electron chi connectivity index (χ3n) is 3.46. The van der Waals surface area contributed by atoms with Gasteiger partial charge in [0.2, 0.25) is 0 Å². The first-order valence-corrected chi connectivity index (χ1v) is 6.73. The molecule has 0 spiro atoms. The highest BCUT2D eigenvalue weighted by molar-refractivity contribution is 5.28. The smallest absolute Gasteiger partial charge is 0.119 e. The Bertz CT molecular complexity index is 380. The molecule has 0 aliphatic carbocycles. The summed E-state index contributed by atoms with van der Waals surface area (Å²) in [6.45, 7) is 6.30. The normalized spacial score (nSPS) is 11.9. The number of aliphatic hydroxyl groups is 1. The van der Waals surface area contributed by atoms with Gasteiger partial charge in [0.15, 0.2) is 0 Å². The molecule has 0 saturated heterocycles. The van der Waals surface area contributed by atoms with Crippen LogP contribution < -0.4 is 10.5 Å². The van der Waals surface area contributed by atoms with Crippen LogP contribution in [0.4, 0.5) is 0 Å². The van der Waals surface area contributed by atoms with Crippen LogP contribution in [0.3, 0.4) is 0 Å². The molecule has 0 atom stereocenters. The Morgan fingerprint density at radius 2 is 2.11 bits per heavy atom. The van der Waals surface area contributed by atoms with E-state index in [1.54, 1.807) is 0 Å². The van der Waals surface area contributed by atoms with E-state index < -0.39 is 0 Å². The molecule has 0 aromatic heterocycles. The number of aliphatic hydroxyl groups excluding tert-OH is 1. The number of benzene rings is 1. The van der Waals surface area contributed by atoms with Gasteiger partial charge in [-0.1, -0.05) is 12.1 Å². The molecule has 0 heterocycles. The van der Waals surface area contributed by atoms with Gasteiger partial charge in [0.1, 0.15) is 5.75 Å². The van der Waals surface area contributed by atoms with E-state index in [0.29, 0.717) is 13.2 Å². The monoisotopic (exact) mass is 266 g/mol. The fraction of sp³-hybridized carbons (Fsp3) is 0.600. The van der Waals surface area contributed by atoms with E-state index in [4.69, 9.17) is 10.5 Å². The molecule has 19 heavy (non-hydrogen) atoms. The van der Waals surface area contributed by atoms with Crippen LogP contribution in [0.5, 0.6) is 5.75 Å². The van der Waals surface area contributed by atoms with Gasteiger partial charge in [-0.2, -0.15) is 0 Å². The lowest BCUT2D eigenvalue weighted by Gasteiger charge is -2.33. The number of likely N-dealkylation sites (N-methyl/N-ethyl adjacent to an activating group) is 1. The van der Waals surface area contributed by atoms with Gasteiger partial charge in [0.25, 0.3) is 0 Å². The van der Waals surface area contributed by atoms with Gasteiger partial charge in [-0.15, -0.1) is 0 Å². The minimum atomic E-state index is -0.181. The van der Waals surface area contributed by atoms with E-state index in [1.807, 2.05) is 45.2 Å². The maximum atomic E-state index is 9.27. The zero-order valence-electron chi connectivity index (χ0n) is 12.2. The van der Waals surface area contributed by atoms with Crippen molar-refractivity contribution in [1.82, 2.24) is 4.90 Å². The van der Waals surface area contributed by atoms with Crippen LogP contribution in [-0.4, -0.2) is 42.4 Å². The highest BCUT2D eigenvalue weighted by Crippen LogP contribution is 2.14. The third-order valence-corrected chi connectivity index (χ3v) is 3.46. The second-order valence-electron chi connectivity index (χ2n) is 5.45. The Morgan fingerprint density at radius 3 is 2.74 bits per heavy atom. The summed E-state index contributed by atoms with van der Waals surface area (Å²) in [7, 11) is 2.02.